The number of benzene rings is 1. The molecule has 20 heavy (non-hydrogen) atoms. The fourth-order valence-electron chi connectivity index (χ4n) is 1.72. The maximum atomic E-state index is 11.9. The van der Waals surface area contributed by atoms with Crippen LogP contribution in [0.2, 0.25) is 0 Å². The van der Waals surface area contributed by atoms with Crippen molar-refractivity contribution in [3.05, 3.63) is 24.3 Å². The molecule has 1 fully saturated rings. The fraction of sp³-hybridized carbons (Fsp3) is 0.308. The lowest BCUT2D eigenvalue weighted by Gasteiger charge is -2.09. The van der Waals surface area contributed by atoms with Crippen molar-refractivity contribution >= 4 is 34.5 Å². The van der Waals surface area contributed by atoms with E-state index in [4.69, 9.17) is 4.74 Å². The second-order valence-corrected chi connectivity index (χ2v) is 5.34. The Balaban J connectivity index is 2.17. The van der Waals surface area contributed by atoms with E-state index in [1.54, 1.807) is 38.4 Å². The van der Waals surface area contributed by atoms with Gasteiger partial charge in [0.25, 0.3) is 0 Å². The third-order valence-electron chi connectivity index (χ3n) is 2.79. The van der Waals surface area contributed by atoms with E-state index in [1.165, 1.54) is 4.90 Å². The molecule has 0 saturated carbocycles. The molecule has 106 valence electrons. The summed E-state index contributed by atoms with van der Waals surface area (Å²) in [6, 6.07) is 7.05. The Hall–Kier alpha value is -2.02. The van der Waals surface area contributed by atoms with Gasteiger partial charge in [-0.25, -0.2) is 4.99 Å². The van der Waals surface area contributed by atoms with Crippen molar-refractivity contribution in [1.82, 2.24) is 4.90 Å². The van der Waals surface area contributed by atoms with E-state index in [9.17, 15) is 14.7 Å². The maximum absolute atomic E-state index is 11.9. The molecular formula is C13H13N2O4S-. The summed E-state index contributed by atoms with van der Waals surface area (Å²) in [6.07, 6.45) is -0.310. The maximum Gasteiger partial charge on any atom is 0.242 e. The Morgan fingerprint density at radius 1 is 1.45 bits per heavy atom. The summed E-state index contributed by atoms with van der Waals surface area (Å²) in [5.74, 6) is -0.798. The monoisotopic (exact) mass is 293 g/mol. The van der Waals surface area contributed by atoms with Gasteiger partial charge in [0.2, 0.25) is 5.91 Å². The van der Waals surface area contributed by atoms with Gasteiger partial charge in [-0.05, 0) is 24.3 Å². The molecule has 1 heterocycles. The molecule has 0 spiro atoms. The zero-order chi connectivity index (χ0) is 14.7. The van der Waals surface area contributed by atoms with Crippen molar-refractivity contribution in [2.24, 2.45) is 4.99 Å². The smallest absolute Gasteiger partial charge is 0.242 e. The van der Waals surface area contributed by atoms with E-state index >= 15 is 0 Å². The van der Waals surface area contributed by atoms with Crippen LogP contribution >= 0.6 is 11.8 Å². The number of carboxylic acids is 1. The number of amidine groups is 1. The molecule has 0 N–H and O–H groups in total. The molecule has 1 aromatic rings. The molecule has 0 aromatic heterocycles. The Morgan fingerprint density at radius 3 is 2.65 bits per heavy atom. The zero-order valence-corrected chi connectivity index (χ0v) is 11.8. The van der Waals surface area contributed by atoms with Gasteiger partial charge in [-0.3, -0.25) is 9.69 Å². The Morgan fingerprint density at radius 2 is 2.10 bits per heavy atom. The van der Waals surface area contributed by atoms with E-state index in [0.717, 1.165) is 11.8 Å². The number of amides is 1. The summed E-state index contributed by atoms with van der Waals surface area (Å²) < 4.78 is 5.05. The van der Waals surface area contributed by atoms with Crippen molar-refractivity contribution in [1.29, 1.82) is 0 Å². The molecule has 0 radical (unpaired) electrons. The van der Waals surface area contributed by atoms with Crippen LogP contribution in [-0.2, 0) is 9.59 Å². The number of aliphatic carboxylic acids is 1. The second kappa shape index (κ2) is 5.96. The van der Waals surface area contributed by atoms with Crippen molar-refractivity contribution < 1.29 is 19.4 Å². The second-order valence-electron chi connectivity index (χ2n) is 4.17. The minimum absolute atomic E-state index is 0.272. The van der Waals surface area contributed by atoms with Crippen LogP contribution in [0.5, 0.6) is 5.75 Å². The molecule has 0 bridgehead atoms. The molecule has 1 amide bonds. The van der Waals surface area contributed by atoms with Crippen molar-refractivity contribution in [3.63, 3.8) is 0 Å². The molecule has 1 aliphatic rings. The highest BCUT2D eigenvalue weighted by molar-refractivity contribution is 8.15. The lowest BCUT2D eigenvalue weighted by Crippen LogP contribution is -2.32. The van der Waals surface area contributed by atoms with Gasteiger partial charge in [0.15, 0.2) is 5.17 Å². The molecule has 1 aromatic carbocycles. The van der Waals surface area contributed by atoms with Gasteiger partial charge in [0.1, 0.15) is 5.75 Å². The van der Waals surface area contributed by atoms with Crippen LogP contribution in [0.1, 0.15) is 6.42 Å². The van der Waals surface area contributed by atoms with E-state index < -0.39 is 11.2 Å². The lowest BCUT2D eigenvalue weighted by atomic mass is 10.3. The summed E-state index contributed by atoms with van der Waals surface area (Å²) in [4.78, 5) is 28.2. The van der Waals surface area contributed by atoms with Crippen LogP contribution in [0.3, 0.4) is 0 Å². The molecule has 7 heteroatoms. The van der Waals surface area contributed by atoms with Gasteiger partial charge in [0.05, 0.1) is 18.0 Å². The first kappa shape index (κ1) is 14.4. The van der Waals surface area contributed by atoms with Gasteiger partial charge >= 0.3 is 0 Å². The molecular weight excluding hydrogens is 280 g/mol. The minimum Gasteiger partial charge on any atom is -0.550 e. The summed E-state index contributed by atoms with van der Waals surface area (Å²) in [7, 11) is 3.15. The first-order valence-corrected chi connectivity index (χ1v) is 6.76. The van der Waals surface area contributed by atoms with Crippen LogP contribution in [0.25, 0.3) is 0 Å². The predicted molar refractivity (Wildman–Crippen MR) is 73.9 cm³/mol. The van der Waals surface area contributed by atoms with Crippen LogP contribution in [0.4, 0.5) is 5.69 Å². The number of aliphatic imine (C=N–C) groups is 1. The largest absolute Gasteiger partial charge is 0.550 e. The molecule has 1 aliphatic heterocycles. The SMILES string of the molecule is COc1ccc(N=C2S[C@@H](CC(=O)[O-])C(=O)N2C)cc1. The lowest BCUT2D eigenvalue weighted by molar-refractivity contribution is -0.305. The fourth-order valence-corrected chi connectivity index (χ4v) is 2.85. The summed E-state index contributed by atoms with van der Waals surface area (Å²) >= 11 is 1.13. The molecule has 2 rings (SSSR count). The molecule has 1 atom stereocenters. The van der Waals surface area contributed by atoms with Crippen molar-refractivity contribution in [2.45, 2.75) is 11.7 Å². The molecule has 0 aliphatic carbocycles. The first-order chi connectivity index (χ1) is 9.51. The van der Waals surface area contributed by atoms with Gasteiger partial charge in [0, 0.05) is 19.4 Å². The Labute approximate surface area is 120 Å². The van der Waals surface area contributed by atoms with E-state index in [0.29, 0.717) is 16.6 Å². The topological polar surface area (TPSA) is 82.0 Å². The minimum atomic E-state index is -1.24. The van der Waals surface area contributed by atoms with Crippen LogP contribution in [0, 0.1) is 0 Å². The summed E-state index contributed by atoms with van der Waals surface area (Å²) in [5, 5.41) is 10.4. The highest BCUT2D eigenvalue weighted by atomic mass is 32.2. The summed E-state index contributed by atoms with van der Waals surface area (Å²) in [6.45, 7) is 0. The third-order valence-corrected chi connectivity index (χ3v) is 4.02. The van der Waals surface area contributed by atoms with E-state index in [1.807, 2.05) is 0 Å². The molecule has 0 unspecified atom stereocenters. The highest BCUT2D eigenvalue weighted by Crippen LogP contribution is 2.30. The standard InChI is InChI=1S/C13H14N2O4S/c1-15-12(18)10(7-11(16)17)20-13(15)14-8-3-5-9(19-2)6-4-8/h3-6,10H,7H2,1-2H3,(H,16,17)/p-1/t10-/m0/s1. The summed E-state index contributed by atoms with van der Waals surface area (Å²) in [5.41, 5.74) is 0.669. The van der Waals surface area contributed by atoms with E-state index in [-0.39, 0.29) is 12.3 Å². The Bertz CT molecular complexity index is 556. The number of carbonyl (C=O) groups excluding carboxylic acids is 2. The Kier molecular flexibility index (Phi) is 4.29. The predicted octanol–water partition coefficient (Wildman–Crippen LogP) is 0.396. The number of methoxy groups -OCH3 is 1. The van der Waals surface area contributed by atoms with Crippen LogP contribution in [-0.4, -0.2) is 41.4 Å². The number of rotatable bonds is 4. The normalized spacial score (nSPS) is 20.5. The number of nitrogens with zero attached hydrogens (tertiary/aromatic N) is 2. The van der Waals surface area contributed by atoms with Crippen molar-refractivity contribution in [2.75, 3.05) is 14.2 Å². The van der Waals surface area contributed by atoms with Crippen LogP contribution in [0.15, 0.2) is 29.3 Å². The third kappa shape index (κ3) is 3.11. The number of hydrogen-bond donors (Lipinski definition) is 0. The number of hydrogen-bond acceptors (Lipinski definition) is 6. The van der Waals surface area contributed by atoms with Gasteiger partial charge in [-0.2, -0.15) is 0 Å². The van der Waals surface area contributed by atoms with Gasteiger partial charge in [-0.15, -0.1) is 0 Å². The van der Waals surface area contributed by atoms with Gasteiger partial charge < -0.3 is 14.6 Å². The average Bonchev–Trinajstić information content (AvgIpc) is 2.67. The zero-order valence-electron chi connectivity index (χ0n) is 11.0. The average molecular weight is 293 g/mol. The highest BCUT2D eigenvalue weighted by Gasteiger charge is 2.35. The molecule has 6 nitrogen and oxygen atoms in total. The first-order valence-electron chi connectivity index (χ1n) is 5.88. The van der Waals surface area contributed by atoms with Crippen molar-refractivity contribution in [3.8, 4) is 5.75 Å². The van der Waals surface area contributed by atoms with E-state index in [2.05, 4.69) is 4.99 Å². The number of carboxylic acid groups (broad SMARTS) is 1. The number of ether oxygens (including phenoxy) is 1. The quantitative estimate of drug-likeness (QED) is 0.802. The number of thioether (sulfide) groups is 1. The number of carbonyl (C=O) groups is 2. The van der Waals surface area contributed by atoms with Gasteiger partial charge in [-0.1, -0.05) is 11.8 Å². The molecule has 1 saturated heterocycles. The van der Waals surface area contributed by atoms with Crippen LogP contribution < -0.4 is 9.84 Å².